The number of aliphatic hydroxyl groups excluding tert-OH is 1. The van der Waals surface area contributed by atoms with Gasteiger partial charge in [-0.3, -0.25) is 9.48 Å². The monoisotopic (exact) mass is 313 g/mol. The Hall–Kier alpha value is -2.18. The predicted molar refractivity (Wildman–Crippen MR) is 82.8 cm³/mol. The first-order valence-electron chi connectivity index (χ1n) is 7.81. The number of hydrogen-bond acceptors (Lipinski definition) is 4. The maximum Gasteiger partial charge on any atom is 0.251 e. The average molecular weight is 313 g/mol. The second kappa shape index (κ2) is 5.47. The van der Waals surface area contributed by atoms with E-state index in [4.69, 9.17) is 4.74 Å². The van der Waals surface area contributed by atoms with Crippen molar-refractivity contribution in [1.29, 1.82) is 0 Å². The maximum absolute atomic E-state index is 12.5. The highest BCUT2D eigenvalue weighted by molar-refractivity contribution is 5.94. The van der Waals surface area contributed by atoms with Gasteiger partial charge in [-0.2, -0.15) is 5.10 Å². The Kier molecular flexibility index (Phi) is 3.43. The molecule has 0 saturated heterocycles. The first-order chi connectivity index (χ1) is 11.1. The highest BCUT2D eigenvalue weighted by Gasteiger charge is 2.42. The van der Waals surface area contributed by atoms with Crippen LogP contribution in [0.4, 0.5) is 0 Å². The van der Waals surface area contributed by atoms with Gasteiger partial charge in [0.05, 0.1) is 37.6 Å². The van der Waals surface area contributed by atoms with Gasteiger partial charge in [-0.25, -0.2) is 0 Å². The van der Waals surface area contributed by atoms with Gasteiger partial charge in [0.15, 0.2) is 0 Å². The lowest BCUT2D eigenvalue weighted by Gasteiger charge is -2.41. The Labute approximate surface area is 134 Å². The smallest absolute Gasteiger partial charge is 0.251 e. The van der Waals surface area contributed by atoms with Crippen molar-refractivity contribution in [1.82, 2.24) is 15.1 Å². The summed E-state index contributed by atoms with van der Waals surface area (Å²) in [6.07, 6.45) is 3.71. The van der Waals surface area contributed by atoms with E-state index in [1.54, 1.807) is 10.9 Å². The van der Waals surface area contributed by atoms with Gasteiger partial charge < -0.3 is 15.2 Å². The Bertz CT molecular complexity index is 755. The summed E-state index contributed by atoms with van der Waals surface area (Å²) in [5.74, 6) is -0.120. The van der Waals surface area contributed by atoms with E-state index in [0.717, 1.165) is 16.7 Å². The van der Waals surface area contributed by atoms with Gasteiger partial charge in [0, 0.05) is 11.8 Å². The zero-order valence-electron chi connectivity index (χ0n) is 12.9. The number of aromatic nitrogens is 2. The topological polar surface area (TPSA) is 76.4 Å². The predicted octanol–water partition coefficient (Wildman–Crippen LogP) is 1.33. The van der Waals surface area contributed by atoms with E-state index < -0.39 is 6.10 Å². The van der Waals surface area contributed by atoms with Crippen molar-refractivity contribution < 1.29 is 14.6 Å². The van der Waals surface area contributed by atoms with Crippen molar-refractivity contribution in [2.75, 3.05) is 0 Å². The summed E-state index contributed by atoms with van der Waals surface area (Å²) in [6.45, 7) is 3.13. The fraction of sp³-hybridized carbons (Fsp3) is 0.412. The van der Waals surface area contributed by atoms with Crippen LogP contribution < -0.4 is 5.32 Å². The zero-order chi connectivity index (χ0) is 16.0. The molecular formula is C17H19N3O3. The van der Waals surface area contributed by atoms with E-state index in [1.165, 1.54) is 0 Å². The number of aliphatic hydroxyl groups is 1. The minimum Gasteiger partial charge on any atom is -0.391 e. The molecule has 1 fully saturated rings. The van der Waals surface area contributed by atoms with Crippen LogP contribution in [0.1, 0.15) is 39.5 Å². The largest absolute Gasteiger partial charge is 0.391 e. The van der Waals surface area contributed by atoms with Crippen molar-refractivity contribution in [2.45, 2.75) is 44.7 Å². The number of hydrogen-bond donors (Lipinski definition) is 2. The van der Waals surface area contributed by atoms with Crippen LogP contribution in [0.3, 0.4) is 0 Å². The molecule has 2 heterocycles. The van der Waals surface area contributed by atoms with Crippen LogP contribution in [-0.4, -0.2) is 32.9 Å². The molecule has 0 unspecified atom stereocenters. The molecular weight excluding hydrogens is 294 g/mol. The minimum atomic E-state index is -0.479. The van der Waals surface area contributed by atoms with E-state index in [9.17, 15) is 9.90 Å². The number of nitrogens with zero attached hydrogens (tertiary/aromatic N) is 2. The number of benzene rings is 1. The summed E-state index contributed by atoms with van der Waals surface area (Å²) < 4.78 is 7.12. The van der Waals surface area contributed by atoms with Gasteiger partial charge in [0.25, 0.3) is 5.91 Å². The second-order valence-electron chi connectivity index (χ2n) is 6.35. The Morgan fingerprint density at radius 3 is 2.96 bits per heavy atom. The van der Waals surface area contributed by atoms with E-state index in [1.807, 2.05) is 31.3 Å². The first-order valence-corrected chi connectivity index (χ1v) is 7.81. The van der Waals surface area contributed by atoms with Crippen LogP contribution in [0.5, 0.6) is 0 Å². The van der Waals surface area contributed by atoms with Crippen molar-refractivity contribution in [3.05, 3.63) is 52.8 Å². The standard InChI is InChI=1S/C17H19N3O3/c1-10-6-18-20(7-10)16-14(5-15(16)21)19-17(22)11-2-3-12-8-23-9-13(12)4-11/h2-4,6-7,14-16,21H,5,8-9H2,1H3,(H,19,22)/t14-,15+,16+/m0/s1. The maximum atomic E-state index is 12.5. The molecule has 0 spiro atoms. The van der Waals surface area contributed by atoms with Gasteiger partial charge in [0.2, 0.25) is 0 Å². The molecule has 1 aliphatic heterocycles. The third-order valence-electron chi connectivity index (χ3n) is 4.64. The van der Waals surface area contributed by atoms with E-state index in [-0.39, 0.29) is 18.0 Å². The van der Waals surface area contributed by atoms with Gasteiger partial charge in [-0.05, 0) is 42.2 Å². The molecule has 1 aromatic heterocycles. The molecule has 2 aromatic rings. The lowest BCUT2D eigenvalue weighted by atomic mass is 9.82. The van der Waals surface area contributed by atoms with Gasteiger partial charge >= 0.3 is 0 Å². The van der Waals surface area contributed by atoms with Gasteiger partial charge in [-0.15, -0.1) is 0 Å². The van der Waals surface area contributed by atoms with Gasteiger partial charge in [0.1, 0.15) is 0 Å². The number of nitrogens with one attached hydrogen (secondary N) is 1. The van der Waals surface area contributed by atoms with E-state index in [0.29, 0.717) is 25.2 Å². The summed E-state index contributed by atoms with van der Waals surface area (Å²) in [5, 5.41) is 17.3. The summed E-state index contributed by atoms with van der Waals surface area (Å²) in [7, 11) is 0. The molecule has 2 aliphatic rings. The summed E-state index contributed by atoms with van der Waals surface area (Å²) in [4.78, 5) is 12.5. The zero-order valence-corrected chi connectivity index (χ0v) is 12.9. The minimum absolute atomic E-state index is 0.110. The third-order valence-corrected chi connectivity index (χ3v) is 4.64. The average Bonchev–Trinajstić information content (AvgIpc) is 3.14. The van der Waals surface area contributed by atoms with Crippen LogP contribution >= 0.6 is 0 Å². The highest BCUT2D eigenvalue weighted by atomic mass is 16.5. The summed E-state index contributed by atoms with van der Waals surface area (Å²) in [5.41, 5.74) is 3.88. The van der Waals surface area contributed by atoms with Crippen LogP contribution in [0.2, 0.25) is 0 Å². The van der Waals surface area contributed by atoms with Gasteiger partial charge in [-0.1, -0.05) is 6.07 Å². The van der Waals surface area contributed by atoms with Crippen LogP contribution in [0.25, 0.3) is 0 Å². The van der Waals surface area contributed by atoms with Crippen LogP contribution in [0.15, 0.2) is 30.6 Å². The molecule has 0 bridgehead atoms. The number of fused-ring (bicyclic) bond motifs is 1. The molecule has 1 amide bonds. The fourth-order valence-electron chi connectivity index (χ4n) is 3.28. The number of aryl methyl sites for hydroxylation is 1. The molecule has 1 aliphatic carbocycles. The second-order valence-corrected chi connectivity index (χ2v) is 6.35. The fourth-order valence-corrected chi connectivity index (χ4v) is 3.28. The molecule has 23 heavy (non-hydrogen) atoms. The number of amides is 1. The highest BCUT2D eigenvalue weighted by Crippen LogP contribution is 2.33. The van der Waals surface area contributed by atoms with E-state index in [2.05, 4.69) is 10.4 Å². The molecule has 3 atom stereocenters. The number of carbonyl (C=O) groups is 1. The molecule has 120 valence electrons. The van der Waals surface area contributed by atoms with Crippen molar-refractivity contribution >= 4 is 5.91 Å². The lowest BCUT2D eigenvalue weighted by molar-refractivity contribution is -0.00590. The Morgan fingerprint density at radius 1 is 1.39 bits per heavy atom. The molecule has 6 heteroatoms. The SMILES string of the molecule is Cc1cnn([C@H]2[C@H](O)C[C@@H]2NC(=O)c2ccc3c(c2)COC3)c1. The van der Waals surface area contributed by atoms with Crippen LogP contribution in [-0.2, 0) is 18.0 Å². The Morgan fingerprint density at radius 2 is 2.22 bits per heavy atom. The Balaban J connectivity index is 1.48. The number of ether oxygens (including phenoxy) is 1. The van der Waals surface area contributed by atoms with Crippen molar-refractivity contribution in [3.8, 4) is 0 Å². The molecule has 2 N–H and O–H groups in total. The van der Waals surface area contributed by atoms with Crippen molar-refractivity contribution in [3.63, 3.8) is 0 Å². The van der Waals surface area contributed by atoms with E-state index >= 15 is 0 Å². The summed E-state index contributed by atoms with van der Waals surface area (Å²) in [6, 6.07) is 5.35. The lowest BCUT2D eigenvalue weighted by Crippen LogP contribution is -2.56. The number of rotatable bonds is 3. The van der Waals surface area contributed by atoms with Crippen LogP contribution in [0, 0.1) is 6.92 Å². The summed E-state index contributed by atoms with van der Waals surface area (Å²) >= 11 is 0. The molecule has 1 saturated carbocycles. The normalized spacial score (nSPS) is 25.7. The third kappa shape index (κ3) is 2.54. The quantitative estimate of drug-likeness (QED) is 0.896. The first kappa shape index (κ1) is 14.4. The molecule has 0 radical (unpaired) electrons. The van der Waals surface area contributed by atoms with Crippen molar-refractivity contribution in [2.24, 2.45) is 0 Å². The molecule has 6 nitrogen and oxygen atoms in total. The number of carbonyl (C=O) groups excluding carboxylic acids is 1. The molecule has 4 rings (SSSR count). The molecule has 1 aromatic carbocycles.